The quantitative estimate of drug-likeness (QED) is 0.695. The normalized spacial score (nSPS) is 27.6. The Balaban J connectivity index is 1.83. The molecule has 1 aliphatic heterocycles. The lowest BCUT2D eigenvalue weighted by Crippen LogP contribution is -2.50. The molecule has 1 N–H and O–H groups in total. The Morgan fingerprint density at radius 1 is 1.10 bits per heavy atom. The summed E-state index contributed by atoms with van der Waals surface area (Å²) in [6.45, 7) is 6.23. The van der Waals surface area contributed by atoms with Gasteiger partial charge in [-0.3, -0.25) is 4.79 Å². The number of fused-ring (bicyclic) bond motifs is 1. The van der Waals surface area contributed by atoms with Gasteiger partial charge in [-0.05, 0) is 63.9 Å². The van der Waals surface area contributed by atoms with Gasteiger partial charge >= 0.3 is 0 Å². The van der Waals surface area contributed by atoms with E-state index in [-0.39, 0.29) is 29.5 Å². The first kappa shape index (κ1) is 22.5. The van der Waals surface area contributed by atoms with E-state index >= 15 is 0 Å². The molecule has 1 saturated carbocycles. The molecule has 2 aliphatic rings. The molecule has 0 amide bonds. The molecule has 0 radical (unpaired) electrons. The van der Waals surface area contributed by atoms with Crippen LogP contribution in [0.2, 0.25) is 0 Å². The average Bonchev–Trinajstić information content (AvgIpc) is 2.73. The number of nitrogens with one attached hydrogen (secondary N) is 1. The SMILES string of the molecule is CCc1ccc2n(c1=O)[C@@H](COC1CCC(CC)CC1)[C@@H](NS(=O)(=O)CC)CC2. The molecule has 0 bridgehead atoms. The minimum Gasteiger partial charge on any atom is -0.376 e. The van der Waals surface area contributed by atoms with Crippen LogP contribution >= 0.6 is 0 Å². The second-order valence-electron chi connectivity index (χ2n) is 8.50. The van der Waals surface area contributed by atoms with E-state index in [1.165, 1.54) is 19.3 Å². The van der Waals surface area contributed by atoms with Crippen molar-refractivity contribution in [2.24, 2.45) is 5.92 Å². The lowest BCUT2D eigenvalue weighted by molar-refractivity contribution is -0.00696. The predicted octanol–water partition coefficient (Wildman–Crippen LogP) is 3.19. The summed E-state index contributed by atoms with van der Waals surface area (Å²) in [5, 5.41) is 0. The molecule has 0 saturated heterocycles. The Morgan fingerprint density at radius 3 is 2.45 bits per heavy atom. The Morgan fingerprint density at radius 2 is 1.83 bits per heavy atom. The third-order valence-electron chi connectivity index (χ3n) is 6.75. The molecule has 29 heavy (non-hydrogen) atoms. The van der Waals surface area contributed by atoms with Crippen molar-refractivity contribution < 1.29 is 13.2 Å². The number of hydrogen-bond acceptors (Lipinski definition) is 4. The van der Waals surface area contributed by atoms with Crippen LogP contribution in [0.3, 0.4) is 0 Å². The number of ether oxygens (including phenoxy) is 1. The van der Waals surface area contributed by atoms with Crippen molar-refractivity contribution in [3.63, 3.8) is 0 Å². The van der Waals surface area contributed by atoms with E-state index in [1.807, 2.05) is 23.6 Å². The van der Waals surface area contributed by atoms with Crippen LogP contribution < -0.4 is 10.3 Å². The maximum absolute atomic E-state index is 13.1. The van der Waals surface area contributed by atoms with Gasteiger partial charge in [0.2, 0.25) is 10.0 Å². The zero-order valence-corrected chi connectivity index (χ0v) is 18.8. The number of pyridine rings is 1. The van der Waals surface area contributed by atoms with E-state index in [9.17, 15) is 13.2 Å². The summed E-state index contributed by atoms with van der Waals surface area (Å²) in [6.07, 6.45) is 7.94. The molecule has 2 heterocycles. The molecule has 0 aromatic carbocycles. The van der Waals surface area contributed by atoms with Crippen LogP contribution in [-0.4, -0.2) is 37.5 Å². The van der Waals surface area contributed by atoms with Gasteiger partial charge in [0.05, 0.1) is 24.5 Å². The molecule has 6 nitrogen and oxygen atoms in total. The highest BCUT2D eigenvalue weighted by atomic mass is 32.2. The summed E-state index contributed by atoms with van der Waals surface area (Å²) < 4.78 is 35.5. The lowest BCUT2D eigenvalue weighted by Gasteiger charge is -2.37. The van der Waals surface area contributed by atoms with Crippen molar-refractivity contribution >= 4 is 10.0 Å². The Kier molecular flexibility index (Phi) is 7.57. The largest absolute Gasteiger partial charge is 0.376 e. The van der Waals surface area contributed by atoms with Gasteiger partial charge in [0.15, 0.2) is 0 Å². The molecule has 1 aliphatic carbocycles. The standard InChI is InChI=1S/C22H36N2O4S/c1-4-16-7-12-19(13-8-16)28-15-21-20(23-29(26,27)6-3)14-11-18-10-9-17(5-2)22(25)24(18)21/h9-10,16,19-21,23H,4-8,11-15H2,1-3H3/t16?,19?,20-,21-/m0/s1. The van der Waals surface area contributed by atoms with E-state index in [0.717, 1.165) is 30.0 Å². The lowest BCUT2D eigenvalue weighted by atomic mass is 9.86. The van der Waals surface area contributed by atoms with Crippen LogP contribution in [0.4, 0.5) is 0 Å². The molecule has 1 aromatic heterocycles. The van der Waals surface area contributed by atoms with Gasteiger partial charge in [0.1, 0.15) is 0 Å². The van der Waals surface area contributed by atoms with Crippen molar-refractivity contribution in [1.82, 2.24) is 9.29 Å². The Hall–Kier alpha value is -1.18. The third-order valence-corrected chi connectivity index (χ3v) is 8.18. The average molecular weight is 425 g/mol. The molecule has 0 unspecified atom stereocenters. The number of nitrogens with zero attached hydrogens (tertiary/aromatic N) is 1. The summed E-state index contributed by atoms with van der Waals surface area (Å²) in [7, 11) is -3.36. The molecule has 3 rings (SSSR count). The fourth-order valence-electron chi connectivity index (χ4n) is 4.73. The highest BCUT2D eigenvalue weighted by Crippen LogP contribution is 2.30. The number of aromatic nitrogens is 1. The molecule has 7 heteroatoms. The summed E-state index contributed by atoms with van der Waals surface area (Å²) in [4.78, 5) is 13.1. The van der Waals surface area contributed by atoms with Gasteiger partial charge < -0.3 is 9.30 Å². The van der Waals surface area contributed by atoms with E-state index in [0.29, 0.717) is 25.9 Å². The fourth-order valence-corrected chi connectivity index (χ4v) is 5.63. The van der Waals surface area contributed by atoms with Crippen molar-refractivity contribution in [3.05, 3.63) is 33.7 Å². The van der Waals surface area contributed by atoms with Crippen LogP contribution in [0.5, 0.6) is 0 Å². The first-order valence-electron chi connectivity index (χ1n) is 11.2. The number of rotatable bonds is 8. The second-order valence-corrected chi connectivity index (χ2v) is 10.5. The van der Waals surface area contributed by atoms with E-state index in [1.54, 1.807) is 6.92 Å². The highest BCUT2D eigenvalue weighted by Gasteiger charge is 2.34. The molecular formula is C22H36N2O4S. The molecule has 1 fully saturated rings. The van der Waals surface area contributed by atoms with Crippen LogP contribution in [0.15, 0.2) is 16.9 Å². The molecular weight excluding hydrogens is 388 g/mol. The van der Waals surface area contributed by atoms with Crippen molar-refractivity contribution in [3.8, 4) is 0 Å². The zero-order valence-electron chi connectivity index (χ0n) is 18.0. The van der Waals surface area contributed by atoms with E-state index in [4.69, 9.17) is 4.74 Å². The predicted molar refractivity (Wildman–Crippen MR) is 116 cm³/mol. The van der Waals surface area contributed by atoms with Gasteiger partial charge in [0, 0.05) is 17.3 Å². The van der Waals surface area contributed by atoms with Gasteiger partial charge in [-0.2, -0.15) is 0 Å². The zero-order chi connectivity index (χ0) is 21.0. The smallest absolute Gasteiger partial charge is 0.254 e. The summed E-state index contributed by atoms with van der Waals surface area (Å²) in [6, 6.07) is 3.31. The van der Waals surface area contributed by atoms with Crippen LogP contribution in [0.1, 0.15) is 76.6 Å². The summed E-state index contributed by atoms with van der Waals surface area (Å²) in [5.41, 5.74) is 1.73. The van der Waals surface area contributed by atoms with E-state index < -0.39 is 10.0 Å². The highest BCUT2D eigenvalue weighted by molar-refractivity contribution is 7.89. The topological polar surface area (TPSA) is 77.4 Å². The van der Waals surface area contributed by atoms with Crippen molar-refractivity contribution in [2.45, 2.75) is 90.3 Å². The van der Waals surface area contributed by atoms with Crippen molar-refractivity contribution in [2.75, 3.05) is 12.4 Å². The van der Waals surface area contributed by atoms with Gasteiger partial charge in [-0.15, -0.1) is 0 Å². The third kappa shape index (κ3) is 5.30. The summed E-state index contributed by atoms with van der Waals surface area (Å²) >= 11 is 0. The molecule has 0 spiro atoms. The van der Waals surface area contributed by atoms with Gasteiger partial charge in [-0.1, -0.05) is 26.3 Å². The number of sulfonamides is 1. The number of aryl methyl sites for hydroxylation is 2. The first-order chi connectivity index (χ1) is 13.9. The maximum atomic E-state index is 13.1. The van der Waals surface area contributed by atoms with Crippen LogP contribution in [-0.2, 0) is 27.6 Å². The van der Waals surface area contributed by atoms with Crippen molar-refractivity contribution in [1.29, 1.82) is 0 Å². The van der Waals surface area contributed by atoms with E-state index in [2.05, 4.69) is 11.6 Å². The molecule has 1 aromatic rings. The fraction of sp³-hybridized carbons (Fsp3) is 0.773. The maximum Gasteiger partial charge on any atom is 0.254 e. The van der Waals surface area contributed by atoms with Crippen LogP contribution in [0, 0.1) is 5.92 Å². The molecule has 2 atom stereocenters. The van der Waals surface area contributed by atoms with Gasteiger partial charge in [0.25, 0.3) is 5.56 Å². The monoisotopic (exact) mass is 424 g/mol. The van der Waals surface area contributed by atoms with Gasteiger partial charge in [-0.25, -0.2) is 13.1 Å². The summed E-state index contributed by atoms with van der Waals surface area (Å²) in [5.74, 6) is 0.832. The molecule has 164 valence electrons. The first-order valence-corrected chi connectivity index (χ1v) is 12.9. The minimum absolute atomic E-state index is 0.00584. The van der Waals surface area contributed by atoms with Crippen LogP contribution in [0.25, 0.3) is 0 Å². The minimum atomic E-state index is -3.36. The Labute approximate surface area is 175 Å². The second kappa shape index (κ2) is 9.75. The Bertz CT molecular complexity index is 841. The number of hydrogen-bond donors (Lipinski definition) is 1.